The molecule has 0 amide bonds. The van der Waals surface area contributed by atoms with E-state index in [1.54, 1.807) is 18.0 Å². The smallest absolute Gasteiger partial charge is 0.224 e. The topological polar surface area (TPSA) is 29.0 Å². The van der Waals surface area contributed by atoms with Crippen molar-refractivity contribution >= 4 is 29.0 Å². The summed E-state index contributed by atoms with van der Waals surface area (Å²) >= 11 is 11.7. The normalized spacial score (nSPS) is 10.4. The zero-order valence-corrected chi connectivity index (χ0v) is 11.1. The first kappa shape index (κ1) is 13.1. The third-order valence-corrected chi connectivity index (χ3v) is 2.82. The molecular weight excluding hydrogens is 276 g/mol. The Balaban J connectivity index is 2.21. The molecule has 0 unspecified atom stereocenters. The monoisotopic (exact) mass is 285 g/mol. The summed E-state index contributed by atoms with van der Waals surface area (Å²) in [5.41, 5.74) is 0.823. The molecule has 0 aliphatic carbocycles. The first-order chi connectivity index (χ1) is 8.56. The molecule has 3 nitrogen and oxygen atoms in total. The highest BCUT2D eigenvalue weighted by Crippen LogP contribution is 2.24. The highest BCUT2D eigenvalue weighted by Gasteiger charge is 2.10. The van der Waals surface area contributed by atoms with Crippen LogP contribution in [0, 0.1) is 5.82 Å². The summed E-state index contributed by atoms with van der Waals surface area (Å²) < 4.78 is 13.1. The lowest BCUT2D eigenvalue weighted by Gasteiger charge is -2.19. The molecule has 0 fully saturated rings. The molecule has 1 aromatic carbocycles. The molecule has 6 heteroatoms. The predicted molar refractivity (Wildman–Crippen MR) is 70.6 cm³/mol. The van der Waals surface area contributed by atoms with Crippen LogP contribution in [0.25, 0.3) is 0 Å². The number of nitrogens with zero attached hydrogens (tertiary/aromatic N) is 3. The summed E-state index contributed by atoms with van der Waals surface area (Å²) in [4.78, 5) is 9.61. The highest BCUT2D eigenvalue weighted by atomic mass is 35.5. The van der Waals surface area contributed by atoms with Gasteiger partial charge in [0.05, 0.1) is 6.20 Å². The van der Waals surface area contributed by atoms with Crippen molar-refractivity contribution in [1.29, 1.82) is 0 Å². The second-order valence-electron chi connectivity index (χ2n) is 3.80. The van der Waals surface area contributed by atoms with Crippen LogP contribution in [-0.2, 0) is 6.54 Å². The third-order valence-electron chi connectivity index (χ3n) is 2.37. The van der Waals surface area contributed by atoms with Gasteiger partial charge in [0.15, 0.2) is 5.82 Å². The molecule has 0 aliphatic rings. The largest absolute Gasteiger partial charge is 0.354 e. The average Bonchev–Trinajstić information content (AvgIpc) is 2.32. The van der Waals surface area contributed by atoms with Gasteiger partial charge in [0.25, 0.3) is 0 Å². The SMILES string of the molecule is CN(Cc1cccc(F)c1)c1nc(Cl)ncc1Cl. The van der Waals surface area contributed by atoms with Gasteiger partial charge in [-0.3, -0.25) is 0 Å². The van der Waals surface area contributed by atoms with Crippen molar-refractivity contribution in [2.24, 2.45) is 0 Å². The van der Waals surface area contributed by atoms with Gasteiger partial charge < -0.3 is 4.90 Å². The zero-order valence-electron chi connectivity index (χ0n) is 9.57. The number of hydrogen-bond donors (Lipinski definition) is 0. The Labute approximate surface area is 114 Å². The van der Waals surface area contributed by atoms with E-state index in [0.29, 0.717) is 17.4 Å². The molecule has 18 heavy (non-hydrogen) atoms. The molecule has 0 saturated carbocycles. The Morgan fingerprint density at radius 2 is 2.11 bits per heavy atom. The van der Waals surface area contributed by atoms with Gasteiger partial charge in [-0.05, 0) is 29.3 Å². The maximum absolute atomic E-state index is 13.1. The van der Waals surface area contributed by atoms with Crippen LogP contribution >= 0.6 is 23.2 Å². The summed E-state index contributed by atoms with van der Waals surface area (Å²) in [5.74, 6) is 0.244. The summed E-state index contributed by atoms with van der Waals surface area (Å²) in [6, 6.07) is 6.36. The van der Waals surface area contributed by atoms with Crippen molar-refractivity contribution in [3.05, 3.63) is 52.1 Å². The van der Waals surface area contributed by atoms with Crippen molar-refractivity contribution < 1.29 is 4.39 Å². The van der Waals surface area contributed by atoms with Crippen LogP contribution in [0.4, 0.5) is 10.2 Å². The molecule has 0 bridgehead atoms. The first-order valence-corrected chi connectivity index (χ1v) is 5.95. The lowest BCUT2D eigenvalue weighted by Crippen LogP contribution is -2.18. The van der Waals surface area contributed by atoms with Gasteiger partial charge in [0.1, 0.15) is 10.8 Å². The second kappa shape index (κ2) is 5.50. The number of anilines is 1. The number of hydrogen-bond acceptors (Lipinski definition) is 3. The molecule has 0 aliphatic heterocycles. The van der Waals surface area contributed by atoms with E-state index in [-0.39, 0.29) is 11.1 Å². The maximum Gasteiger partial charge on any atom is 0.224 e. The van der Waals surface area contributed by atoms with E-state index >= 15 is 0 Å². The van der Waals surface area contributed by atoms with E-state index in [9.17, 15) is 4.39 Å². The summed E-state index contributed by atoms with van der Waals surface area (Å²) in [6.45, 7) is 0.477. The molecule has 1 aromatic heterocycles. The minimum Gasteiger partial charge on any atom is -0.354 e. The van der Waals surface area contributed by atoms with Crippen LogP contribution < -0.4 is 4.90 Å². The Bertz CT molecular complexity index is 563. The predicted octanol–water partition coefficient (Wildman–Crippen LogP) is 3.56. The second-order valence-corrected chi connectivity index (χ2v) is 4.54. The molecule has 2 aromatic rings. The Hall–Kier alpha value is -1.39. The van der Waals surface area contributed by atoms with Crippen molar-refractivity contribution in [1.82, 2.24) is 9.97 Å². The van der Waals surface area contributed by atoms with E-state index in [2.05, 4.69) is 9.97 Å². The summed E-state index contributed by atoms with van der Waals surface area (Å²) in [7, 11) is 1.80. The van der Waals surface area contributed by atoms with Crippen LogP contribution in [0.2, 0.25) is 10.3 Å². The molecule has 2 rings (SSSR count). The van der Waals surface area contributed by atoms with E-state index in [4.69, 9.17) is 23.2 Å². The van der Waals surface area contributed by atoms with Crippen LogP contribution in [0.15, 0.2) is 30.5 Å². The van der Waals surface area contributed by atoms with Crippen LogP contribution in [0.1, 0.15) is 5.56 Å². The van der Waals surface area contributed by atoms with Gasteiger partial charge >= 0.3 is 0 Å². The molecular formula is C12H10Cl2FN3. The standard InChI is InChI=1S/C12H10Cl2FN3/c1-18(7-8-3-2-4-9(15)5-8)11-10(13)6-16-12(14)17-11/h2-6H,7H2,1H3. The van der Waals surface area contributed by atoms with E-state index < -0.39 is 0 Å². The highest BCUT2D eigenvalue weighted by molar-refractivity contribution is 6.33. The Morgan fingerprint density at radius 1 is 1.33 bits per heavy atom. The molecule has 0 atom stereocenters. The molecule has 0 spiro atoms. The number of benzene rings is 1. The van der Waals surface area contributed by atoms with Crippen molar-refractivity contribution in [2.75, 3.05) is 11.9 Å². The van der Waals surface area contributed by atoms with Crippen molar-refractivity contribution in [2.45, 2.75) is 6.54 Å². The van der Waals surface area contributed by atoms with Gasteiger partial charge in [0.2, 0.25) is 5.28 Å². The lowest BCUT2D eigenvalue weighted by molar-refractivity contribution is 0.625. The van der Waals surface area contributed by atoms with Crippen molar-refractivity contribution in [3.8, 4) is 0 Å². The van der Waals surface area contributed by atoms with Crippen LogP contribution in [0.5, 0.6) is 0 Å². The summed E-state index contributed by atoms with van der Waals surface area (Å²) in [5, 5.41) is 0.527. The fourth-order valence-electron chi connectivity index (χ4n) is 1.59. The minimum atomic E-state index is -0.271. The Kier molecular flexibility index (Phi) is 3.99. The third kappa shape index (κ3) is 3.09. The molecule has 0 N–H and O–H groups in total. The number of aromatic nitrogens is 2. The van der Waals surface area contributed by atoms with Gasteiger partial charge in [0, 0.05) is 13.6 Å². The minimum absolute atomic E-state index is 0.125. The lowest BCUT2D eigenvalue weighted by atomic mass is 10.2. The van der Waals surface area contributed by atoms with Gasteiger partial charge in [-0.1, -0.05) is 23.7 Å². The van der Waals surface area contributed by atoms with E-state index in [1.165, 1.54) is 18.3 Å². The molecule has 0 saturated heterocycles. The fraction of sp³-hybridized carbons (Fsp3) is 0.167. The van der Waals surface area contributed by atoms with E-state index in [0.717, 1.165) is 5.56 Å². The van der Waals surface area contributed by atoms with Gasteiger partial charge in [-0.15, -0.1) is 0 Å². The summed E-state index contributed by atoms with van der Waals surface area (Å²) in [6.07, 6.45) is 1.44. The average molecular weight is 286 g/mol. The Morgan fingerprint density at radius 3 is 2.83 bits per heavy atom. The zero-order chi connectivity index (χ0) is 13.1. The van der Waals surface area contributed by atoms with E-state index in [1.807, 2.05) is 6.07 Å². The quantitative estimate of drug-likeness (QED) is 0.808. The van der Waals surface area contributed by atoms with Crippen LogP contribution in [0.3, 0.4) is 0 Å². The van der Waals surface area contributed by atoms with Gasteiger partial charge in [-0.2, -0.15) is 4.98 Å². The van der Waals surface area contributed by atoms with Gasteiger partial charge in [-0.25, -0.2) is 9.37 Å². The fourth-order valence-corrected chi connectivity index (χ4v) is 1.95. The molecule has 0 radical (unpaired) electrons. The first-order valence-electron chi connectivity index (χ1n) is 5.20. The number of rotatable bonds is 3. The van der Waals surface area contributed by atoms with Crippen LogP contribution in [-0.4, -0.2) is 17.0 Å². The molecule has 94 valence electrons. The van der Waals surface area contributed by atoms with Crippen molar-refractivity contribution in [3.63, 3.8) is 0 Å². The maximum atomic E-state index is 13.1. The molecule has 1 heterocycles. The number of halogens is 3.